The van der Waals surface area contributed by atoms with Crippen molar-refractivity contribution in [2.45, 2.75) is 26.9 Å². The first-order valence-corrected chi connectivity index (χ1v) is 11.8. The summed E-state index contributed by atoms with van der Waals surface area (Å²) in [6.45, 7) is 5.55. The lowest BCUT2D eigenvalue weighted by Gasteiger charge is -2.12. The molecule has 0 bridgehead atoms. The van der Waals surface area contributed by atoms with Gasteiger partial charge < -0.3 is 23.8 Å². The van der Waals surface area contributed by atoms with E-state index in [1.165, 1.54) is 0 Å². The van der Waals surface area contributed by atoms with Crippen LogP contribution in [0.3, 0.4) is 0 Å². The van der Waals surface area contributed by atoms with Gasteiger partial charge in [0.15, 0.2) is 17.1 Å². The Labute approximate surface area is 203 Å². The normalized spacial score (nSPS) is 11.2. The fraction of sp³-hybridized carbons (Fsp3) is 0.207. The minimum Gasteiger partial charge on any atom is -0.493 e. The molecule has 2 aromatic heterocycles. The number of furan rings is 1. The average molecular weight is 469 g/mol. The number of nitrogens with one attached hydrogen (secondary N) is 1. The van der Waals surface area contributed by atoms with Crippen molar-refractivity contribution in [3.8, 4) is 22.6 Å². The second kappa shape index (κ2) is 9.58. The van der Waals surface area contributed by atoms with Gasteiger partial charge in [0.1, 0.15) is 0 Å². The molecule has 0 atom stereocenters. The number of pyridine rings is 1. The third-order valence-electron chi connectivity index (χ3n) is 6.17. The maximum absolute atomic E-state index is 13.8. The summed E-state index contributed by atoms with van der Waals surface area (Å²) in [5.41, 5.74) is 3.99. The summed E-state index contributed by atoms with van der Waals surface area (Å²) in [7, 11) is 1.61. The molecular weight excluding hydrogens is 440 g/mol. The quantitative estimate of drug-likeness (QED) is 0.283. The van der Waals surface area contributed by atoms with Gasteiger partial charge in [0.05, 0.1) is 30.2 Å². The summed E-state index contributed by atoms with van der Waals surface area (Å²) in [5, 5.41) is 4.88. The number of nitrogens with zero attached hydrogens (tertiary/aromatic N) is 1. The van der Waals surface area contributed by atoms with E-state index in [2.05, 4.69) is 17.4 Å². The van der Waals surface area contributed by atoms with E-state index in [-0.39, 0.29) is 5.56 Å². The van der Waals surface area contributed by atoms with E-state index in [0.29, 0.717) is 48.0 Å². The fourth-order valence-electron chi connectivity index (χ4n) is 4.56. The molecule has 0 aliphatic heterocycles. The molecule has 35 heavy (non-hydrogen) atoms. The topological polar surface area (TPSA) is 65.6 Å². The van der Waals surface area contributed by atoms with Gasteiger partial charge in [-0.25, -0.2) is 0 Å². The third-order valence-corrected chi connectivity index (χ3v) is 6.17. The maximum Gasteiger partial charge on any atom is 0.262 e. The predicted molar refractivity (Wildman–Crippen MR) is 141 cm³/mol. The first-order chi connectivity index (χ1) is 17.2. The van der Waals surface area contributed by atoms with Gasteiger partial charge in [0.25, 0.3) is 5.56 Å². The van der Waals surface area contributed by atoms with Crippen LogP contribution >= 0.6 is 0 Å². The lowest BCUT2D eigenvalue weighted by atomic mass is 10.0. The van der Waals surface area contributed by atoms with Gasteiger partial charge >= 0.3 is 0 Å². The van der Waals surface area contributed by atoms with Crippen molar-refractivity contribution >= 4 is 27.8 Å². The molecule has 178 valence electrons. The predicted octanol–water partition coefficient (Wildman–Crippen LogP) is 6.45. The number of benzene rings is 3. The van der Waals surface area contributed by atoms with Crippen molar-refractivity contribution in [1.82, 2.24) is 4.57 Å². The lowest BCUT2D eigenvalue weighted by Crippen LogP contribution is -2.19. The Hall–Kier alpha value is -4.19. The van der Waals surface area contributed by atoms with Crippen molar-refractivity contribution in [1.29, 1.82) is 0 Å². The molecule has 0 amide bonds. The second-order valence-corrected chi connectivity index (χ2v) is 8.21. The van der Waals surface area contributed by atoms with Crippen molar-refractivity contribution in [2.24, 2.45) is 0 Å². The Morgan fingerprint density at radius 2 is 1.71 bits per heavy atom. The molecule has 5 rings (SSSR count). The van der Waals surface area contributed by atoms with Crippen molar-refractivity contribution in [3.63, 3.8) is 0 Å². The highest BCUT2D eigenvalue weighted by atomic mass is 16.5. The Balaban J connectivity index is 1.78. The number of anilines is 1. The van der Waals surface area contributed by atoms with Gasteiger partial charge in [0.2, 0.25) is 5.88 Å². The zero-order valence-corrected chi connectivity index (χ0v) is 20.1. The minimum absolute atomic E-state index is 0.0828. The van der Waals surface area contributed by atoms with Crippen LogP contribution in [0.4, 0.5) is 5.88 Å². The minimum atomic E-state index is -0.0828. The molecule has 0 saturated heterocycles. The number of aryl methyl sites for hydroxylation is 1. The maximum atomic E-state index is 13.8. The van der Waals surface area contributed by atoms with Gasteiger partial charge in [-0.2, -0.15) is 0 Å². The molecule has 3 aromatic carbocycles. The first-order valence-electron chi connectivity index (χ1n) is 11.8. The van der Waals surface area contributed by atoms with Crippen LogP contribution in [0.2, 0.25) is 0 Å². The molecule has 6 heteroatoms. The van der Waals surface area contributed by atoms with Crippen LogP contribution in [0.1, 0.15) is 19.4 Å². The molecule has 6 nitrogen and oxygen atoms in total. The number of hydrogen-bond donors (Lipinski definition) is 1. The molecule has 0 spiro atoms. The average Bonchev–Trinajstić information content (AvgIpc) is 3.29. The van der Waals surface area contributed by atoms with E-state index < -0.39 is 0 Å². The molecule has 0 unspecified atom stereocenters. The van der Waals surface area contributed by atoms with E-state index in [9.17, 15) is 4.79 Å². The number of fused-ring (bicyclic) bond motifs is 3. The van der Waals surface area contributed by atoms with Crippen LogP contribution in [0.25, 0.3) is 33.0 Å². The summed E-state index contributed by atoms with van der Waals surface area (Å²) < 4.78 is 19.5. The zero-order chi connectivity index (χ0) is 24.4. The van der Waals surface area contributed by atoms with Crippen LogP contribution in [-0.2, 0) is 13.1 Å². The van der Waals surface area contributed by atoms with Gasteiger partial charge in [0, 0.05) is 18.5 Å². The van der Waals surface area contributed by atoms with Crippen LogP contribution in [0, 0.1) is 0 Å². The van der Waals surface area contributed by atoms with Crippen LogP contribution in [0.15, 0.2) is 82.0 Å². The van der Waals surface area contributed by atoms with Gasteiger partial charge in [-0.15, -0.1) is 0 Å². The largest absolute Gasteiger partial charge is 0.493 e. The summed E-state index contributed by atoms with van der Waals surface area (Å²) in [5.74, 6) is 1.80. The fourth-order valence-corrected chi connectivity index (χ4v) is 4.56. The van der Waals surface area contributed by atoms with Gasteiger partial charge in [-0.05, 0) is 49.2 Å². The molecule has 0 aliphatic rings. The second-order valence-electron chi connectivity index (χ2n) is 8.21. The molecule has 0 aliphatic carbocycles. The third kappa shape index (κ3) is 4.01. The van der Waals surface area contributed by atoms with Gasteiger partial charge in [-0.1, -0.05) is 48.5 Å². The molecular formula is C29H28N2O4. The highest BCUT2D eigenvalue weighted by molar-refractivity contribution is 6.10. The highest BCUT2D eigenvalue weighted by Crippen LogP contribution is 2.42. The smallest absolute Gasteiger partial charge is 0.262 e. The SMILES string of the molecule is CCOc1ccc(-c2c(NCc3ccccc3)oc3c2c(=O)n(CC)c2ccccc32)cc1OC. The number of ether oxygens (including phenoxy) is 2. The number of hydrogen-bond acceptors (Lipinski definition) is 5. The molecule has 0 fully saturated rings. The Morgan fingerprint density at radius 3 is 2.46 bits per heavy atom. The molecule has 0 radical (unpaired) electrons. The lowest BCUT2D eigenvalue weighted by molar-refractivity contribution is 0.311. The van der Waals surface area contributed by atoms with E-state index >= 15 is 0 Å². The monoisotopic (exact) mass is 468 g/mol. The zero-order valence-electron chi connectivity index (χ0n) is 20.1. The first kappa shape index (κ1) is 22.6. The summed E-state index contributed by atoms with van der Waals surface area (Å²) in [4.78, 5) is 13.8. The van der Waals surface area contributed by atoms with E-state index in [4.69, 9.17) is 13.9 Å². The number of methoxy groups -OCH3 is 1. The van der Waals surface area contributed by atoms with E-state index in [1.807, 2.05) is 74.5 Å². The summed E-state index contributed by atoms with van der Waals surface area (Å²) >= 11 is 0. The van der Waals surface area contributed by atoms with Crippen LogP contribution < -0.4 is 20.3 Å². The Bertz CT molecular complexity index is 1550. The number of aromatic nitrogens is 1. The molecule has 0 saturated carbocycles. The number of para-hydroxylation sites is 1. The Kier molecular flexibility index (Phi) is 6.19. The number of rotatable bonds is 8. The summed E-state index contributed by atoms with van der Waals surface area (Å²) in [6, 6.07) is 23.7. The molecule has 5 aromatic rings. The summed E-state index contributed by atoms with van der Waals surface area (Å²) in [6.07, 6.45) is 0. The molecule has 2 heterocycles. The van der Waals surface area contributed by atoms with Crippen molar-refractivity contribution in [3.05, 3.63) is 88.7 Å². The van der Waals surface area contributed by atoms with Gasteiger partial charge in [-0.3, -0.25) is 4.79 Å². The Morgan fingerprint density at radius 1 is 0.943 bits per heavy atom. The molecule has 1 N–H and O–H groups in total. The standard InChI is InChI=1S/C29H28N2O4/c1-4-31-22-14-10-9-13-21(22)27-26(29(31)32)25(20-15-16-23(34-5-2)24(17-20)33-3)28(35-27)30-18-19-11-7-6-8-12-19/h6-17,30H,4-5,18H2,1-3H3. The van der Waals surface area contributed by atoms with E-state index in [0.717, 1.165) is 27.6 Å². The van der Waals surface area contributed by atoms with Crippen molar-refractivity contribution in [2.75, 3.05) is 19.0 Å². The van der Waals surface area contributed by atoms with Crippen LogP contribution in [0.5, 0.6) is 11.5 Å². The van der Waals surface area contributed by atoms with E-state index in [1.54, 1.807) is 11.7 Å². The van der Waals surface area contributed by atoms with Crippen LogP contribution in [-0.4, -0.2) is 18.3 Å². The highest BCUT2D eigenvalue weighted by Gasteiger charge is 2.24. The van der Waals surface area contributed by atoms with Crippen molar-refractivity contribution < 1.29 is 13.9 Å².